The number of amides is 2. The van der Waals surface area contributed by atoms with Crippen LogP contribution in [-0.4, -0.2) is 68.0 Å². The summed E-state index contributed by atoms with van der Waals surface area (Å²) in [5.41, 5.74) is 2.05. The fraction of sp³-hybridized carbons (Fsp3) is 0.389. The molecule has 2 heterocycles. The van der Waals surface area contributed by atoms with E-state index in [1.165, 1.54) is 19.0 Å². The summed E-state index contributed by atoms with van der Waals surface area (Å²) in [6, 6.07) is 17.0. The lowest BCUT2D eigenvalue weighted by molar-refractivity contribution is -0.124. The molecule has 1 spiro atoms. The van der Waals surface area contributed by atoms with Gasteiger partial charge in [0.05, 0.1) is 5.56 Å². The van der Waals surface area contributed by atoms with Crippen LogP contribution in [0.5, 0.6) is 17.2 Å². The number of carbonyl (C=O) groups is 4. The number of ether oxygens (including phenoxy) is 3. The van der Waals surface area contributed by atoms with Crippen LogP contribution in [-0.2, 0) is 19.9 Å². The monoisotopic (exact) mass is 659 g/mol. The molecule has 0 saturated carbocycles. The molecule has 10 nitrogen and oxygen atoms in total. The highest BCUT2D eigenvalue weighted by Crippen LogP contribution is 2.57. The van der Waals surface area contributed by atoms with Crippen LogP contribution >= 0.6 is 11.8 Å². The molecule has 3 aromatic rings. The van der Waals surface area contributed by atoms with Gasteiger partial charge < -0.3 is 24.4 Å². The third kappa shape index (κ3) is 6.81. The first-order valence-corrected chi connectivity index (χ1v) is 16.9. The Morgan fingerprint density at radius 1 is 0.915 bits per heavy atom. The molecular formula is C36H41N3O7S. The van der Waals surface area contributed by atoms with E-state index in [4.69, 9.17) is 14.2 Å². The predicted molar refractivity (Wildman–Crippen MR) is 182 cm³/mol. The van der Waals surface area contributed by atoms with Crippen molar-refractivity contribution in [1.29, 1.82) is 0 Å². The van der Waals surface area contributed by atoms with Crippen molar-refractivity contribution >= 4 is 40.5 Å². The molecule has 0 aromatic heterocycles. The molecule has 47 heavy (non-hydrogen) atoms. The summed E-state index contributed by atoms with van der Waals surface area (Å²) in [4.78, 5) is 54.9. The fourth-order valence-corrected chi connectivity index (χ4v) is 6.94. The van der Waals surface area contributed by atoms with Crippen LogP contribution in [0.4, 0.5) is 10.5 Å². The van der Waals surface area contributed by atoms with Crippen molar-refractivity contribution in [1.82, 2.24) is 10.2 Å². The van der Waals surface area contributed by atoms with Gasteiger partial charge in [-0.25, -0.2) is 9.59 Å². The molecule has 1 unspecified atom stereocenters. The van der Waals surface area contributed by atoms with E-state index in [-0.39, 0.29) is 16.6 Å². The van der Waals surface area contributed by atoms with E-state index in [1.807, 2.05) is 49.3 Å². The third-order valence-corrected chi connectivity index (χ3v) is 9.59. The highest BCUT2D eigenvalue weighted by Gasteiger charge is 2.53. The minimum absolute atomic E-state index is 0.00942. The second kappa shape index (κ2) is 14.5. The number of nitrogens with zero attached hydrogens (tertiary/aromatic N) is 2. The lowest BCUT2D eigenvalue weighted by Crippen LogP contribution is -2.49. The first kappa shape index (κ1) is 33.8. The van der Waals surface area contributed by atoms with Gasteiger partial charge in [-0.2, -0.15) is 0 Å². The normalized spacial score (nSPS) is 16.2. The smallest absolute Gasteiger partial charge is 0.415 e. The molecule has 0 radical (unpaired) electrons. The maximum Gasteiger partial charge on any atom is 0.415 e. The zero-order valence-corrected chi connectivity index (χ0v) is 28.3. The number of hydrogen-bond acceptors (Lipinski definition) is 9. The van der Waals surface area contributed by atoms with Crippen molar-refractivity contribution in [3.05, 3.63) is 82.9 Å². The first-order valence-electron chi connectivity index (χ1n) is 15.9. The quantitative estimate of drug-likeness (QED) is 0.172. The van der Waals surface area contributed by atoms with Crippen molar-refractivity contribution in [2.24, 2.45) is 0 Å². The van der Waals surface area contributed by atoms with E-state index in [2.05, 4.69) is 12.2 Å². The average molecular weight is 660 g/mol. The Morgan fingerprint density at radius 3 is 2.34 bits per heavy atom. The minimum atomic E-state index is -1.26. The van der Waals surface area contributed by atoms with Gasteiger partial charge in [0.15, 0.2) is 10.7 Å². The Hall–Kier alpha value is -4.51. The molecule has 0 saturated heterocycles. The Bertz CT molecular complexity index is 1680. The number of likely N-dealkylation sites (N-methyl/N-ethyl adjacent to an activating group) is 2. The number of rotatable bonds is 12. The number of fused-ring (bicyclic) bond motifs is 6. The summed E-state index contributed by atoms with van der Waals surface area (Å²) in [5, 5.41) is 2.57. The lowest BCUT2D eigenvalue weighted by atomic mass is 9.77. The van der Waals surface area contributed by atoms with Crippen molar-refractivity contribution in [3.63, 3.8) is 0 Å². The van der Waals surface area contributed by atoms with Crippen LogP contribution in [0.2, 0.25) is 0 Å². The van der Waals surface area contributed by atoms with Crippen LogP contribution in [0, 0.1) is 0 Å². The zero-order chi connectivity index (χ0) is 33.7. The molecule has 2 atom stereocenters. The van der Waals surface area contributed by atoms with Gasteiger partial charge >= 0.3 is 12.1 Å². The van der Waals surface area contributed by atoms with E-state index in [1.54, 1.807) is 30.3 Å². The van der Waals surface area contributed by atoms with E-state index in [9.17, 15) is 19.2 Å². The molecule has 0 bridgehead atoms. The van der Waals surface area contributed by atoms with Crippen molar-refractivity contribution in [2.75, 3.05) is 38.8 Å². The second-order valence-corrected chi connectivity index (χ2v) is 13.0. The number of carbonyl (C=O) groups excluding carboxylic acids is 4. The van der Waals surface area contributed by atoms with Gasteiger partial charge in [-0.15, -0.1) is 0 Å². The Morgan fingerprint density at radius 2 is 1.62 bits per heavy atom. The summed E-state index contributed by atoms with van der Waals surface area (Å²) in [6.45, 7) is 2.14. The summed E-state index contributed by atoms with van der Waals surface area (Å²) in [5.74, 6) is 0.283. The molecule has 3 aromatic carbocycles. The van der Waals surface area contributed by atoms with Crippen LogP contribution < -0.4 is 19.7 Å². The predicted octanol–water partition coefficient (Wildman–Crippen LogP) is 6.49. The van der Waals surface area contributed by atoms with E-state index < -0.39 is 29.6 Å². The SMILES string of the molecule is CCCCCCCC(=O)SC[C@@H](C(=O)NC)N(C)C(=O)Oc1ccc2c(c1)Oc1cc(N(C)C)ccc1C21OC(=O)c2ccccc21. The molecule has 11 heteroatoms. The first-order chi connectivity index (χ1) is 22.6. The highest BCUT2D eigenvalue weighted by atomic mass is 32.2. The van der Waals surface area contributed by atoms with E-state index >= 15 is 0 Å². The lowest BCUT2D eigenvalue weighted by Gasteiger charge is -2.37. The summed E-state index contributed by atoms with van der Waals surface area (Å²) >= 11 is 1.05. The molecule has 2 amide bonds. The van der Waals surface area contributed by atoms with Crippen molar-refractivity contribution in [3.8, 4) is 17.2 Å². The van der Waals surface area contributed by atoms with E-state index in [0.29, 0.717) is 40.2 Å². The summed E-state index contributed by atoms with van der Waals surface area (Å²) < 4.78 is 18.3. The number of unbranched alkanes of at least 4 members (excludes halogenated alkanes) is 4. The van der Waals surface area contributed by atoms with Gasteiger partial charge in [-0.1, -0.05) is 62.6 Å². The van der Waals surface area contributed by atoms with Crippen LogP contribution in [0.15, 0.2) is 60.7 Å². The number of benzene rings is 3. The van der Waals surface area contributed by atoms with Crippen LogP contribution in [0.1, 0.15) is 72.5 Å². The third-order valence-electron chi connectivity index (χ3n) is 8.58. The molecule has 5 rings (SSSR count). The molecule has 0 aliphatic carbocycles. The second-order valence-electron chi connectivity index (χ2n) is 11.9. The van der Waals surface area contributed by atoms with Gasteiger partial charge in [0.2, 0.25) is 5.91 Å². The summed E-state index contributed by atoms with van der Waals surface area (Å²) in [6.07, 6.45) is 4.84. The molecule has 1 N–H and O–H groups in total. The standard InChI is InChI=1S/C36H41N3O7S/c1-6-7-8-9-10-15-32(40)47-22-29(33(41)37-2)39(5)35(43)44-24-17-19-28-31(21-24)45-30-20-23(38(3)4)16-18-27(30)36(28)26-14-12-11-13-25(26)34(42)46-36/h11-14,16-21,29H,6-10,15,22H2,1-5H3,(H,37,41)/t29-,36?/m0/s1. The van der Waals surface area contributed by atoms with Gasteiger partial charge in [0.1, 0.15) is 23.3 Å². The molecule has 0 fully saturated rings. The van der Waals surface area contributed by atoms with Crippen LogP contribution in [0.3, 0.4) is 0 Å². The van der Waals surface area contributed by atoms with Crippen molar-refractivity contribution in [2.45, 2.75) is 57.1 Å². The minimum Gasteiger partial charge on any atom is -0.456 e. The van der Waals surface area contributed by atoms with Crippen LogP contribution in [0.25, 0.3) is 0 Å². The summed E-state index contributed by atoms with van der Waals surface area (Å²) in [7, 11) is 6.79. The number of nitrogens with one attached hydrogen (secondary N) is 1. The molecule has 248 valence electrons. The number of esters is 1. The largest absolute Gasteiger partial charge is 0.456 e. The molecule has 2 aliphatic rings. The number of hydrogen-bond donors (Lipinski definition) is 1. The zero-order valence-electron chi connectivity index (χ0n) is 27.5. The maximum absolute atomic E-state index is 13.3. The average Bonchev–Trinajstić information content (AvgIpc) is 3.36. The van der Waals surface area contributed by atoms with E-state index in [0.717, 1.165) is 49.6 Å². The Labute approximate surface area is 279 Å². The Balaban J connectivity index is 1.38. The highest BCUT2D eigenvalue weighted by molar-refractivity contribution is 8.13. The Kier molecular flexibility index (Phi) is 10.4. The molecular weight excluding hydrogens is 618 g/mol. The van der Waals surface area contributed by atoms with Crippen molar-refractivity contribution < 1.29 is 33.4 Å². The van der Waals surface area contributed by atoms with Gasteiger partial charge in [0.25, 0.3) is 0 Å². The number of thioether (sulfide) groups is 1. The van der Waals surface area contributed by atoms with Gasteiger partial charge in [0, 0.05) is 74.9 Å². The maximum atomic E-state index is 13.3. The van der Waals surface area contributed by atoms with Gasteiger partial charge in [-0.05, 0) is 36.8 Å². The van der Waals surface area contributed by atoms with Gasteiger partial charge in [-0.3, -0.25) is 14.5 Å². The molecule has 2 aliphatic heterocycles. The number of anilines is 1. The fourth-order valence-electron chi connectivity index (χ4n) is 5.93. The topological polar surface area (TPSA) is 114 Å².